The normalized spacial score (nSPS) is 16.2. The summed E-state index contributed by atoms with van der Waals surface area (Å²) in [5, 5.41) is 6.76. The van der Waals surface area contributed by atoms with E-state index in [9.17, 15) is 4.39 Å². The molecule has 0 aliphatic carbocycles. The maximum Gasteiger partial charge on any atom is 0.191 e. The molecule has 0 amide bonds. The number of hydrogen-bond acceptors (Lipinski definition) is 3. The maximum atomic E-state index is 13.4. The lowest BCUT2D eigenvalue weighted by Gasteiger charge is -2.21. The average Bonchev–Trinajstić information content (AvgIpc) is 3.09. The molecule has 1 saturated heterocycles. The van der Waals surface area contributed by atoms with Gasteiger partial charge in [-0.3, -0.25) is 4.99 Å². The van der Waals surface area contributed by atoms with Gasteiger partial charge in [0, 0.05) is 32.4 Å². The van der Waals surface area contributed by atoms with Crippen LogP contribution in [0.25, 0.3) is 0 Å². The molecule has 1 aliphatic heterocycles. The third kappa shape index (κ3) is 8.00. The summed E-state index contributed by atoms with van der Waals surface area (Å²) in [4.78, 5) is 6.84. The van der Waals surface area contributed by atoms with Gasteiger partial charge in [-0.15, -0.1) is 24.0 Å². The van der Waals surface area contributed by atoms with Crippen molar-refractivity contribution < 1.29 is 4.39 Å². The number of benzene rings is 1. The predicted octanol–water partition coefficient (Wildman–Crippen LogP) is 3.70. The average molecular weight is 494 g/mol. The molecular formula is C19H32FIN4S. The number of nitrogens with zero attached hydrogens (tertiary/aromatic N) is 2. The Hall–Kier alpha value is -0.540. The number of nitrogens with one attached hydrogen (secondary N) is 2. The van der Waals surface area contributed by atoms with Crippen LogP contribution in [0.3, 0.4) is 0 Å². The summed E-state index contributed by atoms with van der Waals surface area (Å²) in [7, 11) is 1.79. The predicted molar refractivity (Wildman–Crippen MR) is 122 cm³/mol. The molecule has 2 N–H and O–H groups in total. The number of thioether (sulfide) groups is 1. The second-order valence-electron chi connectivity index (χ2n) is 6.77. The number of rotatable bonds is 8. The molecular weight excluding hydrogens is 462 g/mol. The van der Waals surface area contributed by atoms with Crippen LogP contribution in [0.5, 0.6) is 0 Å². The highest BCUT2D eigenvalue weighted by molar-refractivity contribution is 14.0. The Labute approximate surface area is 178 Å². The summed E-state index contributed by atoms with van der Waals surface area (Å²) in [6.45, 7) is 7.43. The lowest BCUT2D eigenvalue weighted by Crippen LogP contribution is -2.41. The van der Waals surface area contributed by atoms with Gasteiger partial charge in [-0.2, -0.15) is 11.8 Å². The summed E-state index contributed by atoms with van der Waals surface area (Å²) in [5.41, 5.74) is 2.15. The van der Waals surface area contributed by atoms with Crippen LogP contribution in [0.2, 0.25) is 0 Å². The number of aliphatic imine (C=N–C) groups is 1. The molecule has 0 bridgehead atoms. The van der Waals surface area contributed by atoms with Crippen LogP contribution in [0.1, 0.15) is 30.9 Å². The molecule has 0 aromatic heterocycles. The van der Waals surface area contributed by atoms with Crippen LogP contribution in [0.15, 0.2) is 23.2 Å². The molecule has 148 valence electrons. The summed E-state index contributed by atoms with van der Waals surface area (Å²) < 4.78 is 13.4. The van der Waals surface area contributed by atoms with Crippen LogP contribution in [-0.2, 0) is 12.3 Å². The second kappa shape index (κ2) is 12.8. The van der Waals surface area contributed by atoms with E-state index in [1.54, 1.807) is 24.9 Å². The van der Waals surface area contributed by atoms with Crippen molar-refractivity contribution in [2.75, 3.05) is 39.5 Å². The van der Waals surface area contributed by atoms with Gasteiger partial charge in [-0.05, 0) is 61.4 Å². The van der Waals surface area contributed by atoms with Gasteiger partial charge >= 0.3 is 0 Å². The Morgan fingerprint density at radius 1 is 1.27 bits per heavy atom. The van der Waals surface area contributed by atoms with E-state index in [-0.39, 0.29) is 29.8 Å². The van der Waals surface area contributed by atoms with Crippen molar-refractivity contribution >= 4 is 41.7 Å². The van der Waals surface area contributed by atoms with Gasteiger partial charge in [-0.25, -0.2) is 4.39 Å². The van der Waals surface area contributed by atoms with Crippen molar-refractivity contribution in [3.63, 3.8) is 0 Å². The van der Waals surface area contributed by atoms with E-state index in [2.05, 4.69) is 27.4 Å². The molecule has 1 aliphatic rings. The zero-order valence-corrected chi connectivity index (χ0v) is 19.2. The van der Waals surface area contributed by atoms with Crippen LogP contribution in [0.4, 0.5) is 4.39 Å². The van der Waals surface area contributed by atoms with Crippen LogP contribution in [-0.4, -0.2) is 50.3 Å². The highest BCUT2D eigenvalue weighted by Crippen LogP contribution is 2.16. The maximum absolute atomic E-state index is 13.4. The minimum atomic E-state index is -0.175. The van der Waals surface area contributed by atoms with Crippen molar-refractivity contribution in [1.29, 1.82) is 0 Å². The number of likely N-dealkylation sites (tertiary alicyclic amines) is 1. The second-order valence-corrected chi connectivity index (χ2v) is 7.63. The Morgan fingerprint density at radius 2 is 2.00 bits per heavy atom. The molecule has 0 saturated carbocycles. The number of guanidine groups is 1. The molecule has 1 unspecified atom stereocenters. The minimum Gasteiger partial charge on any atom is -0.356 e. The minimum absolute atomic E-state index is 0. The van der Waals surface area contributed by atoms with Gasteiger partial charge < -0.3 is 15.5 Å². The standard InChI is InChI=1S/C19H31FN4S.HI/c1-15(13-24-8-4-5-9-24)11-22-19(21-2)23-12-16-6-7-18(20)10-17(16)14-25-3;/h6-7,10,15H,4-5,8-9,11-14H2,1-3H3,(H2,21,22,23);1H. The third-order valence-electron chi connectivity index (χ3n) is 4.52. The molecule has 1 fully saturated rings. The van der Waals surface area contributed by atoms with Crippen molar-refractivity contribution in [3.8, 4) is 0 Å². The Morgan fingerprint density at radius 3 is 2.65 bits per heavy atom. The number of halogens is 2. The Kier molecular flexibility index (Phi) is 11.5. The smallest absolute Gasteiger partial charge is 0.191 e. The highest BCUT2D eigenvalue weighted by Gasteiger charge is 2.14. The summed E-state index contributed by atoms with van der Waals surface area (Å²) >= 11 is 1.70. The first kappa shape index (κ1) is 23.5. The van der Waals surface area contributed by atoms with Gasteiger partial charge in [0.05, 0.1) is 0 Å². The molecule has 1 aromatic rings. The lowest BCUT2D eigenvalue weighted by molar-refractivity contribution is 0.287. The quantitative estimate of drug-likeness (QED) is 0.329. The summed E-state index contributed by atoms with van der Waals surface area (Å²) in [5.74, 6) is 2.02. The van der Waals surface area contributed by atoms with Crippen molar-refractivity contribution in [1.82, 2.24) is 15.5 Å². The fourth-order valence-corrected chi connectivity index (χ4v) is 3.78. The van der Waals surface area contributed by atoms with Gasteiger partial charge in [0.2, 0.25) is 0 Å². The van der Waals surface area contributed by atoms with Crippen LogP contribution >= 0.6 is 35.7 Å². The first-order valence-electron chi connectivity index (χ1n) is 9.05. The van der Waals surface area contributed by atoms with E-state index >= 15 is 0 Å². The summed E-state index contributed by atoms with van der Waals surface area (Å²) in [6.07, 6.45) is 4.70. The number of hydrogen-bond donors (Lipinski definition) is 2. The first-order valence-corrected chi connectivity index (χ1v) is 10.4. The fourth-order valence-electron chi connectivity index (χ4n) is 3.20. The van der Waals surface area contributed by atoms with E-state index in [0.29, 0.717) is 12.5 Å². The van der Waals surface area contributed by atoms with Crippen LogP contribution < -0.4 is 10.6 Å². The zero-order valence-electron chi connectivity index (χ0n) is 16.1. The summed E-state index contributed by atoms with van der Waals surface area (Å²) in [6, 6.07) is 5.01. The van der Waals surface area contributed by atoms with Gasteiger partial charge in [-0.1, -0.05) is 13.0 Å². The monoisotopic (exact) mass is 494 g/mol. The van der Waals surface area contributed by atoms with Crippen molar-refractivity contribution in [2.45, 2.75) is 32.1 Å². The van der Waals surface area contributed by atoms with Crippen LogP contribution in [0, 0.1) is 11.7 Å². The van der Waals surface area contributed by atoms with Gasteiger partial charge in [0.15, 0.2) is 5.96 Å². The molecule has 2 rings (SSSR count). The van der Waals surface area contributed by atoms with Crippen molar-refractivity contribution in [3.05, 3.63) is 35.1 Å². The van der Waals surface area contributed by atoms with Gasteiger partial charge in [0.1, 0.15) is 5.82 Å². The lowest BCUT2D eigenvalue weighted by atomic mass is 10.1. The molecule has 26 heavy (non-hydrogen) atoms. The van der Waals surface area contributed by atoms with Crippen molar-refractivity contribution in [2.24, 2.45) is 10.9 Å². The molecule has 0 radical (unpaired) electrons. The fraction of sp³-hybridized carbons (Fsp3) is 0.632. The Bertz CT molecular complexity index is 564. The molecule has 7 heteroatoms. The third-order valence-corrected chi connectivity index (χ3v) is 5.12. The Balaban J connectivity index is 0.00000338. The SMILES string of the molecule is CN=C(NCc1ccc(F)cc1CSC)NCC(C)CN1CCCC1.I. The first-order chi connectivity index (χ1) is 12.1. The topological polar surface area (TPSA) is 39.7 Å². The molecule has 0 spiro atoms. The van der Waals surface area contributed by atoms with E-state index < -0.39 is 0 Å². The van der Waals surface area contributed by atoms with Gasteiger partial charge in [0.25, 0.3) is 0 Å². The molecule has 4 nitrogen and oxygen atoms in total. The van der Waals surface area contributed by atoms with E-state index in [1.807, 2.05) is 12.3 Å². The zero-order chi connectivity index (χ0) is 18.1. The highest BCUT2D eigenvalue weighted by atomic mass is 127. The van der Waals surface area contributed by atoms with E-state index in [1.165, 1.54) is 32.0 Å². The molecule has 1 atom stereocenters. The van der Waals surface area contributed by atoms with E-state index in [4.69, 9.17) is 0 Å². The molecule has 1 aromatic carbocycles. The largest absolute Gasteiger partial charge is 0.356 e. The van der Waals surface area contributed by atoms with E-state index in [0.717, 1.165) is 35.9 Å². The molecule has 1 heterocycles.